The Morgan fingerprint density at radius 3 is 1.97 bits per heavy atom. The summed E-state index contributed by atoms with van der Waals surface area (Å²) in [5, 5.41) is 0. The number of nitrogens with zero attached hydrogens (tertiary/aromatic N) is 2. The molecule has 0 aliphatic heterocycles. The molecule has 170 valence electrons. The van der Waals surface area contributed by atoms with E-state index in [4.69, 9.17) is 4.74 Å². The summed E-state index contributed by atoms with van der Waals surface area (Å²) in [5.74, 6) is -0.832. The Balaban J connectivity index is 2.55. The van der Waals surface area contributed by atoms with Crippen LogP contribution in [0, 0.1) is 5.92 Å². The van der Waals surface area contributed by atoms with Gasteiger partial charge < -0.3 is 9.64 Å². The van der Waals surface area contributed by atoms with Crippen LogP contribution in [0.25, 0.3) is 0 Å². The molecule has 0 spiro atoms. The fourth-order valence-corrected chi connectivity index (χ4v) is 4.93. The molecular weight excluding hydrogens is 412 g/mol. The number of sulfonamides is 1. The number of carbonyl (C=O) groups is 1. The minimum Gasteiger partial charge on any atom is -0.459 e. The van der Waals surface area contributed by atoms with Crippen molar-refractivity contribution in [3.05, 3.63) is 60.2 Å². The highest BCUT2D eigenvalue weighted by Gasteiger charge is 2.40. The van der Waals surface area contributed by atoms with Gasteiger partial charge in [0.05, 0.1) is 4.90 Å². The lowest BCUT2D eigenvalue weighted by molar-refractivity contribution is -0.161. The zero-order valence-corrected chi connectivity index (χ0v) is 20.3. The van der Waals surface area contributed by atoms with Crippen molar-refractivity contribution in [2.75, 3.05) is 19.0 Å². The van der Waals surface area contributed by atoms with Crippen molar-refractivity contribution in [3.63, 3.8) is 0 Å². The maximum absolute atomic E-state index is 13.7. The van der Waals surface area contributed by atoms with Crippen LogP contribution in [0.5, 0.6) is 0 Å². The largest absolute Gasteiger partial charge is 0.459 e. The molecule has 0 aromatic heterocycles. The first kappa shape index (κ1) is 24.9. The number of esters is 1. The molecule has 31 heavy (non-hydrogen) atoms. The minimum atomic E-state index is -3.97. The summed E-state index contributed by atoms with van der Waals surface area (Å²) < 4.78 is 34.4. The Labute approximate surface area is 186 Å². The van der Waals surface area contributed by atoms with E-state index in [-0.39, 0.29) is 17.4 Å². The summed E-state index contributed by atoms with van der Waals surface area (Å²) in [6.45, 7) is 9.06. The molecule has 0 heterocycles. The molecule has 0 radical (unpaired) electrons. The summed E-state index contributed by atoms with van der Waals surface area (Å²) in [4.78, 5) is 15.2. The van der Waals surface area contributed by atoms with Crippen molar-refractivity contribution < 1.29 is 17.9 Å². The summed E-state index contributed by atoms with van der Waals surface area (Å²) >= 11 is 0. The monoisotopic (exact) mass is 446 g/mol. The zero-order valence-electron chi connectivity index (χ0n) is 19.5. The van der Waals surface area contributed by atoms with Gasteiger partial charge >= 0.3 is 5.97 Å². The first-order valence-electron chi connectivity index (χ1n) is 10.4. The van der Waals surface area contributed by atoms with Crippen LogP contribution in [0.3, 0.4) is 0 Å². The molecule has 7 heteroatoms. The van der Waals surface area contributed by atoms with Crippen LogP contribution < -0.4 is 4.90 Å². The van der Waals surface area contributed by atoms with Crippen LogP contribution in [-0.2, 0) is 26.1 Å². The molecule has 0 amide bonds. The third kappa shape index (κ3) is 6.55. The molecule has 0 saturated carbocycles. The van der Waals surface area contributed by atoms with Gasteiger partial charge in [0, 0.05) is 26.3 Å². The lowest BCUT2D eigenvalue weighted by Crippen LogP contribution is -2.49. The smallest absolute Gasteiger partial charge is 0.325 e. The van der Waals surface area contributed by atoms with Gasteiger partial charge in [0.25, 0.3) is 0 Å². The number of benzene rings is 2. The number of hydrogen-bond acceptors (Lipinski definition) is 5. The molecule has 0 fully saturated rings. The lowest BCUT2D eigenvalue weighted by atomic mass is 10.0. The predicted molar refractivity (Wildman–Crippen MR) is 124 cm³/mol. The van der Waals surface area contributed by atoms with Crippen LogP contribution in [-0.4, -0.2) is 44.4 Å². The Kier molecular flexibility index (Phi) is 7.89. The zero-order chi connectivity index (χ0) is 23.4. The van der Waals surface area contributed by atoms with Crippen LogP contribution in [0.2, 0.25) is 0 Å². The first-order chi connectivity index (χ1) is 14.3. The Morgan fingerprint density at radius 1 is 0.968 bits per heavy atom. The van der Waals surface area contributed by atoms with Crippen LogP contribution in [0.4, 0.5) is 5.69 Å². The maximum Gasteiger partial charge on any atom is 0.325 e. The normalized spacial score (nSPS) is 13.3. The number of anilines is 1. The van der Waals surface area contributed by atoms with Crippen molar-refractivity contribution in [2.45, 2.75) is 57.7 Å². The lowest BCUT2D eigenvalue weighted by Gasteiger charge is -2.34. The van der Waals surface area contributed by atoms with Gasteiger partial charge in [-0.3, -0.25) is 4.79 Å². The number of ether oxygens (including phenoxy) is 1. The van der Waals surface area contributed by atoms with E-state index in [0.29, 0.717) is 0 Å². The van der Waals surface area contributed by atoms with Gasteiger partial charge in [-0.05, 0) is 56.5 Å². The number of carbonyl (C=O) groups excluding carboxylic acids is 1. The van der Waals surface area contributed by atoms with E-state index in [1.807, 2.05) is 63.2 Å². The van der Waals surface area contributed by atoms with Gasteiger partial charge in [-0.1, -0.05) is 44.2 Å². The SMILES string of the molecule is CC(C)[C@H](C(=O)OC(C)(C)C)N(Cc1ccccc1)S(=O)(=O)c1ccc(N(C)C)cc1. The minimum absolute atomic E-state index is 0.0701. The van der Waals surface area contributed by atoms with Crippen LogP contribution >= 0.6 is 0 Å². The fourth-order valence-electron chi connectivity index (χ4n) is 3.23. The standard InChI is InChI=1S/C24H34N2O4S/c1-18(2)22(23(27)30-24(3,4)5)26(17-19-11-9-8-10-12-19)31(28,29)21-15-13-20(14-16-21)25(6)7/h8-16,18,22H,17H2,1-7H3/t22-/m1/s1. The molecule has 0 aliphatic carbocycles. The Bertz CT molecular complexity index is 963. The van der Waals surface area contributed by atoms with Gasteiger partial charge in [-0.25, -0.2) is 8.42 Å². The molecular formula is C24H34N2O4S. The molecule has 2 rings (SSSR count). The number of hydrogen-bond donors (Lipinski definition) is 0. The summed E-state index contributed by atoms with van der Waals surface area (Å²) in [5.41, 5.74) is 0.964. The van der Waals surface area contributed by atoms with Gasteiger partial charge in [-0.15, -0.1) is 0 Å². The molecule has 0 saturated heterocycles. The highest BCUT2D eigenvalue weighted by molar-refractivity contribution is 7.89. The second kappa shape index (κ2) is 9.83. The van der Waals surface area contributed by atoms with Gasteiger partial charge in [0.2, 0.25) is 10.0 Å². The predicted octanol–water partition coefficient (Wildman–Crippen LogP) is 4.31. The van der Waals surface area contributed by atoms with Crippen molar-refractivity contribution in [3.8, 4) is 0 Å². The maximum atomic E-state index is 13.7. The number of rotatable bonds is 8. The van der Waals surface area contributed by atoms with Gasteiger partial charge in [0.1, 0.15) is 11.6 Å². The van der Waals surface area contributed by atoms with E-state index in [1.165, 1.54) is 4.31 Å². The average molecular weight is 447 g/mol. The Morgan fingerprint density at radius 2 is 1.52 bits per heavy atom. The third-order valence-electron chi connectivity index (χ3n) is 4.73. The second-order valence-corrected chi connectivity index (χ2v) is 11.0. The molecule has 2 aromatic carbocycles. The average Bonchev–Trinajstić information content (AvgIpc) is 2.66. The molecule has 0 unspecified atom stereocenters. The highest BCUT2D eigenvalue weighted by atomic mass is 32.2. The van der Waals surface area contributed by atoms with Gasteiger partial charge in [0.15, 0.2) is 0 Å². The van der Waals surface area contributed by atoms with Crippen molar-refractivity contribution in [1.29, 1.82) is 0 Å². The highest BCUT2D eigenvalue weighted by Crippen LogP contribution is 2.28. The van der Waals surface area contributed by atoms with Crippen molar-refractivity contribution in [2.24, 2.45) is 5.92 Å². The quantitative estimate of drug-likeness (QED) is 0.565. The van der Waals surface area contributed by atoms with E-state index in [9.17, 15) is 13.2 Å². The van der Waals surface area contributed by atoms with E-state index in [1.54, 1.807) is 45.0 Å². The molecule has 0 N–H and O–H groups in total. The molecule has 6 nitrogen and oxygen atoms in total. The van der Waals surface area contributed by atoms with Gasteiger partial charge in [-0.2, -0.15) is 4.31 Å². The summed E-state index contributed by atoms with van der Waals surface area (Å²) in [6, 6.07) is 15.0. The molecule has 0 bridgehead atoms. The Hall–Kier alpha value is -2.38. The third-order valence-corrected chi connectivity index (χ3v) is 6.57. The van der Waals surface area contributed by atoms with Crippen LogP contribution in [0.1, 0.15) is 40.2 Å². The molecule has 1 atom stereocenters. The van der Waals surface area contributed by atoms with E-state index in [2.05, 4.69) is 0 Å². The summed E-state index contributed by atoms with van der Waals surface area (Å²) in [6.07, 6.45) is 0. The van der Waals surface area contributed by atoms with Crippen molar-refractivity contribution >= 4 is 21.7 Å². The molecule has 2 aromatic rings. The fraction of sp³-hybridized carbons (Fsp3) is 0.458. The first-order valence-corrected chi connectivity index (χ1v) is 11.8. The van der Waals surface area contributed by atoms with E-state index >= 15 is 0 Å². The summed E-state index contributed by atoms with van der Waals surface area (Å²) in [7, 11) is -0.190. The van der Waals surface area contributed by atoms with E-state index < -0.39 is 27.6 Å². The second-order valence-electron chi connectivity index (χ2n) is 9.15. The topological polar surface area (TPSA) is 66.9 Å². The van der Waals surface area contributed by atoms with E-state index in [0.717, 1.165) is 11.3 Å². The van der Waals surface area contributed by atoms with Crippen molar-refractivity contribution in [1.82, 2.24) is 4.31 Å². The van der Waals surface area contributed by atoms with Crippen LogP contribution in [0.15, 0.2) is 59.5 Å². The molecule has 0 aliphatic rings.